The van der Waals surface area contributed by atoms with Crippen molar-refractivity contribution in [1.29, 1.82) is 0 Å². The van der Waals surface area contributed by atoms with Crippen molar-refractivity contribution in [1.82, 2.24) is 0 Å². The Bertz CT molecular complexity index is 499. The van der Waals surface area contributed by atoms with Gasteiger partial charge in [0.25, 0.3) is 5.69 Å². The monoisotopic (exact) mass is 264 g/mol. The van der Waals surface area contributed by atoms with E-state index in [0.29, 0.717) is 5.69 Å². The Balaban J connectivity index is 2.19. The number of benzene rings is 1. The maximum absolute atomic E-state index is 11.1. The fourth-order valence-electron chi connectivity index (χ4n) is 2.63. The van der Waals surface area contributed by atoms with Gasteiger partial charge < -0.3 is 10.1 Å². The minimum absolute atomic E-state index is 0.0203. The number of nitrogens with one attached hydrogen (secondary N) is 1. The Morgan fingerprint density at radius 1 is 1.47 bits per heavy atom. The molecule has 5 heteroatoms. The molecule has 2 unspecified atom stereocenters. The van der Waals surface area contributed by atoms with E-state index in [2.05, 4.69) is 19.2 Å². The average Bonchev–Trinajstić information content (AvgIpc) is 2.35. The van der Waals surface area contributed by atoms with E-state index in [1.807, 2.05) is 13.0 Å². The SMILES string of the molecule is COC1CC(Nc2ccc(C)cc2[N+](=O)[O-])C1(C)C. The number of hydrogen-bond donors (Lipinski definition) is 1. The quantitative estimate of drug-likeness (QED) is 0.670. The van der Waals surface area contributed by atoms with Gasteiger partial charge in [0.1, 0.15) is 5.69 Å². The van der Waals surface area contributed by atoms with Crippen molar-refractivity contribution >= 4 is 11.4 Å². The first kappa shape index (κ1) is 13.8. The van der Waals surface area contributed by atoms with Crippen LogP contribution in [0.1, 0.15) is 25.8 Å². The van der Waals surface area contributed by atoms with Crippen molar-refractivity contribution in [3.05, 3.63) is 33.9 Å². The standard InChI is InChI=1S/C14H20N2O3/c1-9-5-6-10(11(7-9)16(17)18)15-12-8-13(19-4)14(12,2)3/h5-7,12-13,15H,8H2,1-4H3. The van der Waals surface area contributed by atoms with Crippen LogP contribution >= 0.6 is 0 Å². The third-order valence-corrected chi connectivity index (χ3v) is 4.14. The molecule has 0 amide bonds. The number of nitrogens with zero attached hydrogens (tertiary/aromatic N) is 1. The second kappa shape index (κ2) is 4.81. The summed E-state index contributed by atoms with van der Waals surface area (Å²) in [6.45, 7) is 6.08. The second-order valence-electron chi connectivity index (χ2n) is 5.76. The van der Waals surface area contributed by atoms with E-state index in [1.54, 1.807) is 19.2 Å². The van der Waals surface area contributed by atoms with Gasteiger partial charge in [0.05, 0.1) is 11.0 Å². The highest BCUT2D eigenvalue weighted by Crippen LogP contribution is 2.44. The van der Waals surface area contributed by atoms with Gasteiger partial charge >= 0.3 is 0 Å². The zero-order chi connectivity index (χ0) is 14.2. The first-order valence-corrected chi connectivity index (χ1v) is 6.40. The topological polar surface area (TPSA) is 64.4 Å². The number of ether oxygens (including phenoxy) is 1. The van der Waals surface area contributed by atoms with E-state index in [9.17, 15) is 10.1 Å². The molecule has 1 aliphatic carbocycles. The van der Waals surface area contributed by atoms with Gasteiger partial charge in [-0.25, -0.2) is 0 Å². The molecule has 0 spiro atoms. The summed E-state index contributed by atoms with van der Waals surface area (Å²) >= 11 is 0. The summed E-state index contributed by atoms with van der Waals surface area (Å²) in [5, 5.41) is 14.4. The lowest BCUT2D eigenvalue weighted by molar-refractivity contribution is -0.384. The van der Waals surface area contributed by atoms with Gasteiger partial charge in [0.2, 0.25) is 0 Å². The molecule has 2 rings (SSSR count). The lowest BCUT2D eigenvalue weighted by Crippen LogP contribution is -2.57. The van der Waals surface area contributed by atoms with Crippen LogP contribution in [0.3, 0.4) is 0 Å². The van der Waals surface area contributed by atoms with Crippen LogP contribution in [-0.2, 0) is 4.74 Å². The highest BCUT2D eigenvalue weighted by Gasteiger charge is 2.48. The summed E-state index contributed by atoms with van der Waals surface area (Å²) in [5.41, 5.74) is 1.59. The fraction of sp³-hybridized carbons (Fsp3) is 0.571. The van der Waals surface area contributed by atoms with Gasteiger partial charge in [-0.3, -0.25) is 10.1 Å². The maximum atomic E-state index is 11.1. The van der Waals surface area contributed by atoms with E-state index < -0.39 is 0 Å². The van der Waals surface area contributed by atoms with Crippen LogP contribution in [0, 0.1) is 22.5 Å². The van der Waals surface area contributed by atoms with Crippen LogP contribution in [0.5, 0.6) is 0 Å². The number of nitro groups is 1. The summed E-state index contributed by atoms with van der Waals surface area (Å²) < 4.78 is 5.39. The molecular formula is C14H20N2O3. The highest BCUT2D eigenvalue weighted by atomic mass is 16.6. The number of aryl methyl sites for hydroxylation is 1. The van der Waals surface area contributed by atoms with Gasteiger partial charge in [-0.1, -0.05) is 19.9 Å². The summed E-state index contributed by atoms with van der Waals surface area (Å²) in [7, 11) is 1.71. The molecule has 0 bridgehead atoms. The Morgan fingerprint density at radius 3 is 2.68 bits per heavy atom. The van der Waals surface area contributed by atoms with Crippen LogP contribution in [0.4, 0.5) is 11.4 Å². The Labute approximate surface area is 113 Å². The van der Waals surface area contributed by atoms with Gasteiger partial charge in [0, 0.05) is 24.6 Å². The third kappa shape index (κ3) is 2.42. The predicted molar refractivity (Wildman–Crippen MR) is 74.4 cm³/mol. The zero-order valence-electron chi connectivity index (χ0n) is 11.8. The fourth-order valence-corrected chi connectivity index (χ4v) is 2.63. The van der Waals surface area contributed by atoms with Gasteiger partial charge in [-0.15, -0.1) is 0 Å². The number of hydrogen-bond acceptors (Lipinski definition) is 4. The summed E-state index contributed by atoms with van der Waals surface area (Å²) in [5.74, 6) is 0. The zero-order valence-corrected chi connectivity index (χ0v) is 11.8. The van der Waals surface area contributed by atoms with Crippen molar-refractivity contribution in [2.75, 3.05) is 12.4 Å². The van der Waals surface area contributed by atoms with Crippen molar-refractivity contribution < 1.29 is 9.66 Å². The Morgan fingerprint density at radius 2 is 2.16 bits per heavy atom. The molecule has 1 fully saturated rings. The normalized spacial score (nSPS) is 24.6. The molecule has 0 aliphatic heterocycles. The molecule has 2 atom stereocenters. The minimum Gasteiger partial charge on any atom is -0.381 e. The molecule has 0 heterocycles. The van der Waals surface area contributed by atoms with E-state index in [0.717, 1.165) is 12.0 Å². The largest absolute Gasteiger partial charge is 0.381 e. The third-order valence-electron chi connectivity index (χ3n) is 4.14. The number of nitro benzene ring substituents is 1. The maximum Gasteiger partial charge on any atom is 0.292 e. The van der Waals surface area contributed by atoms with Crippen LogP contribution in [0.25, 0.3) is 0 Å². The van der Waals surface area contributed by atoms with Crippen LogP contribution < -0.4 is 5.32 Å². The summed E-state index contributed by atoms with van der Waals surface area (Å²) in [6, 6.07) is 5.46. The Hall–Kier alpha value is -1.62. The molecular weight excluding hydrogens is 244 g/mol. The summed E-state index contributed by atoms with van der Waals surface area (Å²) in [4.78, 5) is 10.7. The molecule has 104 valence electrons. The van der Waals surface area contributed by atoms with Crippen molar-refractivity contribution in [2.24, 2.45) is 5.41 Å². The summed E-state index contributed by atoms with van der Waals surface area (Å²) in [6.07, 6.45) is 1.07. The minimum atomic E-state index is -0.338. The first-order valence-electron chi connectivity index (χ1n) is 6.40. The molecule has 1 aromatic carbocycles. The van der Waals surface area contributed by atoms with E-state index in [4.69, 9.17) is 4.74 Å². The number of rotatable bonds is 4. The number of methoxy groups -OCH3 is 1. The lowest BCUT2D eigenvalue weighted by Gasteiger charge is -2.51. The molecule has 0 aromatic heterocycles. The molecule has 19 heavy (non-hydrogen) atoms. The molecule has 1 N–H and O–H groups in total. The van der Waals surface area contributed by atoms with E-state index in [-0.39, 0.29) is 28.2 Å². The van der Waals surface area contributed by atoms with Crippen molar-refractivity contribution in [2.45, 2.75) is 39.3 Å². The van der Waals surface area contributed by atoms with Crippen LogP contribution in [0.2, 0.25) is 0 Å². The van der Waals surface area contributed by atoms with E-state index >= 15 is 0 Å². The number of anilines is 1. The van der Waals surface area contributed by atoms with Crippen LogP contribution in [-0.4, -0.2) is 24.2 Å². The highest BCUT2D eigenvalue weighted by molar-refractivity contribution is 5.63. The van der Waals surface area contributed by atoms with E-state index in [1.165, 1.54) is 0 Å². The smallest absolute Gasteiger partial charge is 0.292 e. The predicted octanol–water partition coefficient (Wildman–Crippen LogP) is 3.13. The van der Waals surface area contributed by atoms with Crippen molar-refractivity contribution in [3.8, 4) is 0 Å². The lowest BCUT2D eigenvalue weighted by atomic mass is 9.64. The van der Waals surface area contributed by atoms with Gasteiger partial charge in [0.15, 0.2) is 0 Å². The first-order chi connectivity index (χ1) is 8.86. The molecule has 1 aliphatic rings. The molecule has 0 radical (unpaired) electrons. The van der Waals surface area contributed by atoms with Gasteiger partial charge in [-0.2, -0.15) is 0 Å². The van der Waals surface area contributed by atoms with Crippen molar-refractivity contribution in [3.63, 3.8) is 0 Å². The molecule has 0 saturated heterocycles. The van der Waals surface area contributed by atoms with Gasteiger partial charge in [-0.05, 0) is 25.0 Å². The Kier molecular flexibility index (Phi) is 3.49. The molecule has 1 aromatic rings. The molecule has 1 saturated carbocycles. The molecule has 5 nitrogen and oxygen atoms in total. The second-order valence-corrected chi connectivity index (χ2v) is 5.76. The van der Waals surface area contributed by atoms with Crippen LogP contribution in [0.15, 0.2) is 18.2 Å². The average molecular weight is 264 g/mol.